The zero-order chi connectivity index (χ0) is 7.68. The molecule has 1 radical (unpaired) electrons. The Morgan fingerprint density at radius 1 is 1.27 bits per heavy atom. The normalized spacial score (nSPS) is 10.2. The molecule has 2 aromatic rings. The van der Waals surface area contributed by atoms with Gasteiger partial charge >= 0.3 is 0 Å². The van der Waals surface area contributed by atoms with Gasteiger partial charge in [-0.2, -0.15) is 0 Å². The van der Waals surface area contributed by atoms with Crippen LogP contribution in [0.3, 0.4) is 0 Å². The zero-order valence-electron chi connectivity index (χ0n) is 5.91. The van der Waals surface area contributed by atoms with Crippen LogP contribution in [-0.2, 0) is 0 Å². The average Bonchev–Trinajstić information content (AvgIpc) is 2.06. The summed E-state index contributed by atoms with van der Waals surface area (Å²) in [5.74, 6) is 0. The summed E-state index contributed by atoms with van der Waals surface area (Å²) in [6, 6.07) is 7.60. The second-order valence-corrected chi connectivity index (χ2v) is 2.37. The molecule has 11 heavy (non-hydrogen) atoms. The lowest BCUT2D eigenvalue weighted by molar-refractivity contribution is 1.35. The quantitative estimate of drug-likeness (QED) is 0.569. The molecule has 0 amide bonds. The number of anilines is 1. The Morgan fingerprint density at radius 2 is 2.18 bits per heavy atom. The molecule has 2 nitrogen and oxygen atoms in total. The van der Waals surface area contributed by atoms with Gasteiger partial charge < -0.3 is 5.73 Å². The van der Waals surface area contributed by atoms with Gasteiger partial charge in [-0.3, -0.25) is 4.98 Å². The molecule has 0 atom stereocenters. The molecule has 1 heterocycles. The van der Waals surface area contributed by atoms with Crippen molar-refractivity contribution in [3.8, 4) is 0 Å². The van der Waals surface area contributed by atoms with Gasteiger partial charge in [-0.25, -0.2) is 0 Å². The highest BCUT2D eigenvalue weighted by Crippen LogP contribution is 2.17. The first-order valence-corrected chi connectivity index (χ1v) is 3.39. The minimum absolute atomic E-state index is 0.779. The number of rotatable bonds is 0. The van der Waals surface area contributed by atoms with E-state index in [1.165, 1.54) is 0 Å². The molecule has 0 saturated heterocycles. The van der Waals surface area contributed by atoms with E-state index >= 15 is 0 Å². The highest BCUT2D eigenvalue weighted by molar-refractivity contribution is 5.91. The van der Waals surface area contributed by atoms with Gasteiger partial charge in [-0.05, 0) is 12.1 Å². The van der Waals surface area contributed by atoms with Crippen molar-refractivity contribution in [2.75, 3.05) is 5.73 Å². The maximum absolute atomic E-state index is 5.71. The molecule has 2 rings (SSSR count). The summed E-state index contributed by atoms with van der Waals surface area (Å²) in [5.41, 5.74) is 6.49. The van der Waals surface area contributed by atoms with Crippen molar-refractivity contribution in [1.82, 2.24) is 4.98 Å². The molecule has 0 spiro atoms. The van der Waals surface area contributed by atoms with Crippen LogP contribution in [0, 0.1) is 6.20 Å². The second-order valence-electron chi connectivity index (χ2n) is 2.37. The maximum Gasteiger partial charge on any atom is 0.0971 e. The Balaban J connectivity index is 2.91. The SMILES string of the molecule is Nc1cccc2[c]nccc12. The third kappa shape index (κ3) is 0.923. The molecule has 1 aromatic heterocycles. The van der Waals surface area contributed by atoms with Crippen molar-refractivity contribution < 1.29 is 0 Å². The first kappa shape index (κ1) is 6.16. The van der Waals surface area contributed by atoms with E-state index in [-0.39, 0.29) is 0 Å². The van der Waals surface area contributed by atoms with Crippen LogP contribution in [-0.4, -0.2) is 4.98 Å². The van der Waals surface area contributed by atoms with Crippen molar-refractivity contribution in [3.63, 3.8) is 0 Å². The largest absolute Gasteiger partial charge is 0.398 e. The lowest BCUT2D eigenvalue weighted by atomic mass is 10.1. The molecule has 0 fully saturated rings. The molecule has 0 bridgehead atoms. The van der Waals surface area contributed by atoms with Crippen LogP contribution in [0.4, 0.5) is 5.69 Å². The molecule has 0 unspecified atom stereocenters. The first-order chi connectivity index (χ1) is 5.38. The summed E-state index contributed by atoms with van der Waals surface area (Å²) in [6.45, 7) is 0. The van der Waals surface area contributed by atoms with Crippen LogP contribution in [0.2, 0.25) is 0 Å². The molecular weight excluding hydrogens is 136 g/mol. The predicted molar refractivity (Wildman–Crippen MR) is 45.0 cm³/mol. The molecule has 2 heteroatoms. The van der Waals surface area contributed by atoms with Gasteiger partial charge in [0.05, 0.1) is 6.20 Å². The van der Waals surface area contributed by atoms with E-state index in [1.54, 1.807) is 6.20 Å². The number of nitrogen functional groups attached to an aromatic ring is 1. The van der Waals surface area contributed by atoms with Crippen LogP contribution in [0.25, 0.3) is 10.8 Å². The summed E-state index contributed by atoms with van der Waals surface area (Å²) < 4.78 is 0. The number of hydrogen-bond acceptors (Lipinski definition) is 2. The van der Waals surface area contributed by atoms with Crippen molar-refractivity contribution in [1.29, 1.82) is 0 Å². The van der Waals surface area contributed by atoms with E-state index in [0.29, 0.717) is 0 Å². The van der Waals surface area contributed by atoms with Gasteiger partial charge in [-0.15, -0.1) is 0 Å². The van der Waals surface area contributed by atoms with Gasteiger partial charge in [0.1, 0.15) is 0 Å². The van der Waals surface area contributed by atoms with E-state index in [4.69, 9.17) is 5.73 Å². The van der Waals surface area contributed by atoms with E-state index in [1.807, 2.05) is 24.3 Å². The molecule has 0 aliphatic rings. The fraction of sp³-hybridized carbons (Fsp3) is 0. The van der Waals surface area contributed by atoms with Crippen molar-refractivity contribution in [2.24, 2.45) is 0 Å². The summed E-state index contributed by atoms with van der Waals surface area (Å²) >= 11 is 0. The number of fused-ring (bicyclic) bond motifs is 1. The average molecular weight is 143 g/mol. The van der Waals surface area contributed by atoms with E-state index < -0.39 is 0 Å². The zero-order valence-corrected chi connectivity index (χ0v) is 5.91. The topological polar surface area (TPSA) is 38.9 Å². The minimum atomic E-state index is 0.779. The Kier molecular flexibility index (Phi) is 1.25. The third-order valence-electron chi connectivity index (χ3n) is 1.64. The molecule has 2 N–H and O–H groups in total. The smallest absolute Gasteiger partial charge is 0.0971 e. The number of pyridine rings is 1. The minimum Gasteiger partial charge on any atom is -0.398 e. The molecule has 0 aliphatic heterocycles. The summed E-state index contributed by atoms with van der Waals surface area (Å²) in [5, 5.41) is 1.98. The van der Waals surface area contributed by atoms with Gasteiger partial charge in [0.25, 0.3) is 0 Å². The summed E-state index contributed by atoms with van der Waals surface area (Å²) in [7, 11) is 0. The maximum atomic E-state index is 5.71. The number of nitrogens with two attached hydrogens (primary N) is 1. The fourth-order valence-corrected chi connectivity index (χ4v) is 1.09. The fourth-order valence-electron chi connectivity index (χ4n) is 1.09. The highest BCUT2D eigenvalue weighted by Gasteiger charge is 1.94. The summed E-state index contributed by atoms with van der Waals surface area (Å²) in [4.78, 5) is 3.87. The number of aromatic nitrogens is 1. The van der Waals surface area contributed by atoms with Gasteiger partial charge in [0, 0.05) is 22.7 Å². The standard InChI is InChI=1S/C9H7N2/c10-9-3-1-2-7-6-11-5-4-8(7)9/h1-5H,10H2. The second kappa shape index (κ2) is 2.23. The van der Waals surface area contributed by atoms with E-state index in [2.05, 4.69) is 11.2 Å². The van der Waals surface area contributed by atoms with E-state index in [9.17, 15) is 0 Å². The molecule has 0 saturated carbocycles. The molecular formula is C9H7N2. The van der Waals surface area contributed by atoms with Crippen molar-refractivity contribution >= 4 is 16.5 Å². The Bertz CT molecular complexity index is 377. The lowest BCUT2D eigenvalue weighted by Gasteiger charge is -1.97. The number of hydrogen-bond donors (Lipinski definition) is 1. The lowest BCUT2D eigenvalue weighted by Crippen LogP contribution is -1.86. The first-order valence-electron chi connectivity index (χ1n) is 3.39. The van der Waals surface area contributed by atoms with Crippen LogP contribution in [0.15, 0.2) is 30.5 Å². The summed E-state index contributed by atoms with van der Waals surface area (Å²) in [6.07, 6.45) is 4.55. The number of nitrogens with zero attached hydrogens (tertiary/aromatic N) is 1. The van der Waals surface area contributed by atoms with Crippen LogP contribution >= 0.6 is 0 Å². The van der Waals surface area contributed by atoms with Crippen molar-refractivity contribution in [3.05, 3.63) is 36.7 Å². The monoisotopic (exact) mass is 143 g/mol. The Hall–Kier alpha value is -1.57. The molecule has 1 aromatic carbocycles. The van der Waals surface area contributed by atoms with Crippen LogP contribution < -0.4 is 5.73 Å². The van der Waals surface area contributed by atoms with E-state index in [0.717, 1.165) is 16.5 Å². The van der Waals surface area contributed by atoms with Gasteiger partial charge in [0.2, 0.25) is 0 Å². The van der Waals surface area contributed by atoms with Crippen molar-refractivity contribution in [2.45, 2.75) is 0 Å². The van der Waals surface area contributed by atoms with Crippen LogP contribution in [0.1, 0.15) is 0 Å². The Labute approximate surface area is 64.7 Å². The Morgan fingerprint density at radius 3 is 3.00 bits per heavy atom. The van der Waals surface area contributed by atoms with Crippen LogP contribution in [0.5, 0.6) is 0 Å². The number of benzene rings is 1. The third-order valence-corrected chi connectivity index (χ3v) is 1.64. The molecule has 53 valence electrons. The predicted octanol–water partition coefficient (Wildman–Crippen LogP) is 1.62. The highest BCUT2D eigenvalue weighted by atomic mass is 14.6. The van der Waals surface area contributed by atoms with Gasteiger partial charge in [0.15, 0.2) is 0 Å². The van der Waals surface area contributed by atoms with Gasteiger partial charge in [-0.1, -0.05) is 12.1 Å². The molecule has 0 aliphatic carbocycles.